The quantitative estimate of drug-likeness (QED) is 0.911. The minimum absolute atomic E-state index is 0.0475. The number of ether oxygens (including phenoxy) is 2. The standard InChI is InChI=1S/C13H15ClO4/c1-17-11-7-8(14)6-10(13(15)16)12(11)18-9-4-2-3-5-9/h6-7,9H,2-5H2,1H3,(H,15,16). The monoisotopic (exact) mass is 270 g/mol. The Labute approximate surface area is 110 Å². The molecule has 98 valence electrons. The summed E-state index contributed by atoms with van der Waals surface area (Å²) in [6.45, 7) is 0. The van der Waals surface area contributed by atoms with Crippen LogP contribution in [0.25, 0.3) is 0 Å². The van der Waals surface area contributed by atoms with Gasteiger partial charge in [-0.1, -0.05) is 11.6 Å². The molecule has 1 aromatic carbocycles. The third kappa shape index (κ3) is 2.70. The van der Waals surface area contributed by atoms with Gasteiger partial charge >= 0.3 is 5.97 Å². The van der Waals surface area contributed by atoms with Gasteiger partial charge in [-0.25, -0.2) is 4.79 Å². The molecule has 0 unspecified atom stereocenters. The summed E-state index contributed by atoms with van der Waals surface area (Å²) in [7, 11) is 1.47. The molecule has 0 radical (unpaired) electrons. The molecule has 0 heterocycles. The Balaban J connectivity index is 2.37. The molecule has 1 fully saturated rings. The first kappa shape index (κ1) is 13.0. The predicted molar refractivity (Wildman–Crippen MR) is 67.8 cm³/mol. The van der Waals surface area contributed by atoms with E-state index in [9.17, 15) is 9.90 Å². The molecule has 0 aliphatic heterocycles. The maximum absolute atomic E-state index is 11.2. The number of rotatable bonds is 4. The van der Waals surface area contributed by atoms with Crippen LogP contribution in [0.15, 0.2) is 12.1 Å². The van der Waals surface area contributed by atoms with E-state index in [1.807, 2.05) is 0 Å². The lowest BCUT2D eigenvalue weighted by Crippen LogP contribution is -2.14. The van der Waals surface area contributed by atoms with Crippen LogP contribution in [-0.4, -0.2) is 24.3 Å². The molecule has 1 aliphatic rings. The highest BCUT2D eigenvalue weighted by Gasteiger charge is 2.23. The van der Waals surface area contributed by atoms with Gasteiger partial charge in [-0.05, 0) is 31.7 Å². The Hall–Kier alpha value is -1.42. The number of hydrogen-bond acceptors (Lipinski definition) is 3. The summed E-state index contributed by atoms with van der Waals surface area (Å²) in [5.41, 5.74) is 0.0475. The zero-order valence-electron chi connectivity index (χ0n) is 10.1. The predicted octanol–water partition coefficient (Wildman–Crippen LogP) is 3.37. The molecule has 18 heavy (non-hydrogen) atoms. The van der Waals surface area contributed by atoms with Crippen molar-refractivity contribution in [2.75, 3.05) is 7.11 Å². The number of hydrogen-bond donors (Lipinski definition) is 1. The normalized spacial score (nSPS) is 15.7. The van der Waals surface area contributed by atoms with Gasteiger partial charge in [-0.2, -0.15) is 0 Å². The molecule has 4 nitrogen and oxygen atoms in total. The highest BCUT2D eigenvalue weighted by molar-refractivity contribution is 6.31. The Morgan fingerprint density at radius 1 is 1.39 bits per heavy atom. The summed E-state index contributed by atoms with van der Waals surface area (Å²) in [5, 5.41) is 9.51. The van der Waals surface area contributed by atoms with Gasteiger partial charge in [0, 0.05) is 11.1 Å². The number of aromatic carboxylic acids is 1. The van der Waals surface area contributed by atoms with Gasteiger partial charge in [0.2, 0.25) is 0 Å². The molecule has 1 aliphatic carbocycles. The molecule has 1 N–H and O–H groups in total. The molecule has 2 rings (SSSR count). The van der Waals surface area contributed by atoms with Gasteiger partial charge in [-0.3, -0.25) is 0 Å². The van der Waals surface area contributed by atoms with Crippen molar-refractivity contribution in [2.45, 2.75) is 31.8 Å². The topological polar surface area (TPSA) is 55.8 Å². The molecule has 5 heteroatoms. The van der Waals surface area contributed by atoms with Crippen LogP contribution in [0.4, 0.5) is 0 Å². The first-order valence-corrected chi connectivity index (χ1v) is 6.27. The van der Waals surface area contributed by atoms with Crippen LogP contribution in [-0.2, 0) is 0 Å². The molecular formula is C13H15ClO4. The fourth-order valence-electron chi connectivity index (χ4n) is 2.17. The van der Waals surface area contributed by atoms with E-state index in [4.69, 9.17) is 21.1 Å². The molecule has 0 aromatic heterocycles. The highest BCUT2D eigenvalue weighted by atomic mass is 35.5. The SMILES string of the molecule is COc1cc(Cl)cc(C(=O)O)c1OC1CCCC1. The van der Waals surface area contributed by atoms with Crippen LogP contribution in [0, 0.1) is 0 Å². The number of benzene rings is 1. The van der Waals surface area contributed by atoms with Crippen LogP contribution in [0.5, 0.6) is 11.5 Å². The maximum Gasteiger partial charge on any atom is 0.339 e. The first-order chi connectivity index (χ1) is 8.61. The second kappa shape index (κ2) is 5.48. The number of methoxy groups -OCH3 is 1. The van der Waals surface area contributed by atoms with Crippen molar-refractivity contribution in [3.8, 4) is 11.5 Å². The summed E-state index contributed by atoms with van der Waals surface area (Å²) in [6.07, 6.45) is 4.19. The first-order valence-electron chi connectivity index (χ1n) is 5.89. The van der Waals surface area contributed by atoms with Gasteiger partial charge in [0.05, 0.1) is 13.2 Å². The Kier molecular flexibility index (Phi) is 3.97. The van der Waals surface area contributed by atoms with Crippen molar-refractivity contribution in [2.24, 2.45) is 0 Å². The van der Waals surface area contributed by atoms with Crippen LogP contribution in [0.2, 0.25) is 5.02 Å². The zero-order chi connectivity index (χ0) is 13.1. The zero-order valence-corrected chi connectivity index (χ0v) is 10.9. The lowest BCUT2D eigenvalue weighted by atomic mass is 10.1. The van der Waals surface area contributed by atoms with Crippen LogP contribution < -0.4 is 9.47 Å². The van der Waals surface area contributed by atoms with Crippen molar-refractivity contribution < 1.29 is 19.4 Å². The molecule has 1 aromatic rings. The van der Waals surface area contributed by atoms with Gasteiger partial charge in [0.1, 0.15) is 5.56 Å². The minimum atomic E-state index is -1.07. The summed E-state index contributed by atoms with van der Waals surface area (Å²) >= 11 is 5.86. The highest BCUT2D eigenvalue weighted by Crippen LogP contribution is 2.37. The van der Waals surface area contributed by atoms with Gasteiger partial charge in [0.15, 0.2) is 11.5 Å². The molecular weight excluding hydrogens is 256 g/mol. The Morgan fingerprint density at radius 2 is 2.06 bits per heavy atom. The van der Waals surface area contributed by atoms with Crippen molar-refractivity contribution in [1.29, 1.82) is 0 Å². The Morgan fingerprint density at radius 3 is 2.61 bits per heavy atom. The summed E-state index contributed by atoms with van der Waals surface area (Å²) < 4.78 is 10.9. The molecule has 0 amide bonds. The van der Waals surface area contributed by atoms with E-state index >= 15 is 0 Å². The summed E-state index contributed by atoms with van der Waals surface area (Å²) in [5.74, 6) is -0.420. The smallest absolute Gasteiger partial charge is 0.339 e. The van der Waals surface area contributed by atoms with Crippen LogP contribution in [0.1, 0.15) is 36.0 Å². The summed E-state index contributed by atoms with van der Waals surface area (Å²) in [6, 6.07) is 2.95. The second-order valence-electron chi connectivity index (χ2n) is 4.31. The molecule has 0 atom stereocenters. The lowest BCUT2D eigenvalue weighted by molar-refractivity contribution is 0.0688. The van der Waals surface area contributed by atoms with E-state index < -0.39 is 5.97 Å². The van der Waals surface area contributed by atoms with Crippen LogP contribution >= 0.6 is 11.6 Å². The van der Waals surface area contributed by atoms with Crippen molar-refractivity contribution >= 4 is 17.6 Å². The number of carboxylic acid groups (broad SMARTS) is 1. The summed E-state index contributed by atoms with van der Waals surface area (Å²) in [4.78, 5) is 11.2. The minimum Gasteiger partial charge on any atom is -0.493 e. The van der Waals surface area contributed by atoms with Gasteiger partial charge < -0.3 is 14.6 Å². The van der Waals surface area contributed by atoms with E-state index in [1.54, 1.807) is 6.07 Å². The third-order valence-electron chi connectivity index (χ3n) is 3.06. The van der Waals surface area contributed by atoms with Crippen LogP contribution in [0.3, 0.4) is 0 Å². The average molecular weight is 271 g/mol. The number of halogens is 1. The molecule has 0 saturated heterocycles. The molecule has 0 spiro atoms. The molecule has 0 bridgehead atoms. The number of carboxylic acids is 1. The average Bonchev–Trinajstić information content (AvgIpc) is 2.83. The van der Waals surface area contributed by atoms with E-state index in [0.29, 0.717) is 10.8 Å². The second-order valence-corrected chi connectivity index (χ2v) is 4.75. The lowest BCUT2D eigenvalue weighted by Gasteiger charge is -2.18. The molecule has 1 saturated carbocycles. The van der Waals surface area contributed by atoms with Crippen molar-refractivity contribution in [3.63, 3.8) is 0 Å². The maximum atomic E-state index is 11.2. The fraction of sp³-hybridized carbons (Fsp3) is 0.462. The van der Waals surface area contributed by atoms with E-state index in [2.05, 4.69) is 0 Å². The largest absolute Gasteiger partial charge is 0.493 e. The number of carbonyl (C=O) groups is 1. The Bertz CT molecular complexity index is 453. The van der Waals surface area contributed by atoms with E-state index in [1.165, 1.54) is 13.2 Å². The van der Waals surface area contributed by atoms with E-state index in [-0.39, 0.29) is 17.4 Å². The van der Waals surface area contributed by atoms with Gasteiger partial charge in [-0.15, -0.1) is 0 Å². The third-order valence-corrected chi connectivity index (χ3v) is 3.27. The van der Waals surface area contributed by atoms with Crippen molar-refractivity contribution in [1.82, 2.24) is 0 Å². The van der Waals surface area contributed by atoms with E-state index in [0.717, 1.165) is 25.7 Å². The van der Waals surface area contributed by atoms with Crippen molar-refractivity contribution in [3.05, 3.63) is 22.7 Å². The fourth-order valence-corrected chi connectivity index (χ4v) is 2.38. The van der Waals surface area contributed by atoms with Gasteiger partial charge in [0.25, 0.3) is 0 Å².